The molecule has 7 heteroatoms. The summed E-state index contributed by atoms with van der Waals surface area (Å²) in [6, 6.07) is 5.95. The zero-order valence-corrected chi connectivity index (χ0v) is 9.35. The van der Waals surface area contributed by atoms with Crippen molar-refractivity contribution in [1.82, 2.24) is 5.16 Å². The van der Waals surface area contributed by atoms with E-state index in [1.165, 1.54) is 18.4 Å². The monoisotopic (exact) mass is 253 g/mol. The summed E-state index contributed by atoms with van der Waals surface area (Å²) < 4.78 is 4.67. The van der Waals surface area contributed by atoms with Gasteiger partial charge >= 0.3 is 0 Å². The van der Waals surface area contributed by atoms with Crippen molar-refractivity contribution in [2.24, 2.45) is 0 Å². The van der Waals surface area contributed by atoms with Crippen molar-refractivity contribution in [3.8, 4) is 0 Å². The molecule has 0 amide bonds. The van der Waals surface area contributed by atoms with E-state index in [2.05, 4.69) is 15.0 Å². The Bertz CT molecular complexity index is 528. The van der Waals surface area contributed by atoms with Gasteiger partial charge in [-0.15, -0.1) is 0 Å². The van der Waals surface area contributed by atoms with E-state index in [-0.39, 0.29) is 5.69 Å². The third-order valence-electron chi connectivity index (χ3n) is 2.11. The molecule has 17 heavy (non-hydrogen) atoms. The third-order valence-corrected chi connectivity index (χ3v) is 2.43. The van der Waals surface area contributed by atoms with E-state index < -0.39 is 4.92 Å². The smallest absolute Gasteiger partial charge is 0.271 e. The Morgan fingerprint density at radius 1 is 1.47 bits per heavy atom. The van der Waals surface area contributed by atoms with Gasteiger partial charge < -0.3 is 9.84 Å². The molecular formula is C10H8ClN3O3. The number of nitrogens with one attached hydrogen (secondary N) is 1. The van der Waals surface area contributed by atoms with Crippen molar-refractivity contribution in [2.75, 3.05) is 5.32 Å². The predicted molar refractivity (Wildman–Crippen MR) is 61.9 cm³/mol. The van der Waals surface area contributed by atoms with E-state index in [0.29, 0.717) is 17.3 Å². The molecule has 88 valence electrons. The Morgan fingerprint density at radius 2 is 2.29 bits per heavy atom. The number of non-ortho nitro benzene ring substituents is 1. The van der Waals surface area contributed by atoms with E-state index in [9.17, 15) is 10.1 Å². The quantitative estimate of drug-likeness (QED) is 0.669. The highest BCUT2D eigenvalue weighted by Crippen LogP contribution is 2.26. The summed E-state index contributed by atoms with van der Waals surface area (Å²) in [6.45, 7) is 0.439. The number of hydrogen-bond acceptors (Lipinski definition) is 5. The second-order valence-electron chi connectivity index (χ2n) is 3.27. The molecule has 0 atom stereocenters. The van der Waals surface area contributed by atoms with Gasteiger partial charge in [-0.2, -0.15) is 0 Å². The normalized spacial score (nSPS) is 10.2. The van der Waals surface area contributed by atoms with E-state index in [1.807, 2.05) is 0 Å². The third kappa shape index (κ3) is 2.73. The van der Waals surface area contributed by atoms with Crippen molar-refractivity contribution in [2.45, 2.75) is 6.54 Å². The van der Waals surface area contributed by atoms with Gasteiger partial charge in [-0.1, -0.05) is 16.8 Å². The Labute approximate surface area is 101 Å². The number of nitro groups is 1. The molecule has 0 fully saturated rings. The first-order valence-electron chi connectivity index (χ1n) is 4.74. The van der Waals surface area contributed by atoms with E-state index in [0.717, 1.165) is 5.69 Å². The van der Waals surface area contributed by atoms with Crippen molar-refractivity contribution in [3.63, 3.8) is 0 Å². The Hall–Kier alpha value is -2.08. The minimum atomic E-state index is -0.493. The average Bonchev–Trinajstić information content (AvgIpc) is 2.80. The number of nitro benzene ring substituents is 1. The van der Waals surface area contributed by atoms with E-state index in [1.54, 1.807) is 12.1 Å². The lowest BCUT2D eigenvalue weighted by atomic mass is 10.2. The molecule has 2 aromatic rings. The molecule has 0 spiro atoms. The first kappa shape index (κ1) is 11.4. The highest BCUT2D eigenvalue weighted by Gasteiger charge is 2.09. The van der Waals surface area contributed by atoms with Crippen LogP contribution in [0.1, 0.15) is 5.69 Å². The van der Waals surface area contributed by atoms with Crippen LogP contribution < -0.4 is 5.32 Å². The fraction of sp³-hybridized carbons (Fsp3) is 0.100. The predicted octanol–water partition coefficient (Wildman–Crippen LogP) is 2.85. The summed E-state index contributed by atoms with van der Waals surface area (Å²) in [4.78, 5) is 10.0. The number of benzene rings is 1. The molecule has 1 aromatic carbocycles. The van der Waals surface area contributed by atoms with E-state index >= 15 is 0 Å². The second kappa shape index (κ2) is 4.84. The first-order chi connectivity index (χ1) is 8.16. The molecule has 0 unspecified atom stereocenters. The summed E-state index contributed by atoms with van der Waals surface area (Å²) in [7, 11) is 0. The van der Waals surface area contributed by atoms with Crippen molar-refractivity contribution in [1.29, 1.82) is 0 Å². The number of hydrogen-bond donors (Lipinski definition) is 1. The molecule has 1 N–H and O–H groups in total. The maximum atomic E-state index is 10.5. The van der Waals surface area contributed by atoms with Crippen LogP contribution in [0.5, 0.6) is 0 Å². The molecule has 2 rings (SSSR count). The minimum absolute atomic E-state index is 0.0398. The van der Waals surface area contributed by atoms with Crippen LogP contribution in [0.4, 0.5) is 11.4 Å². The molecule has 6 nitrogen and oxygen atoms in total. The Kier molecular flexibility index (Phi) is 3.24. The Morgan fingerprint density at radius 3 is 2.88 bits per heavy atom. The number of rotatable bonds is 4. The summed E-state index contributed by atoms with van der Waals surface area (Å²) >= 11 is 5.90. The molecule has 0 saturated heterocycles. The van der Waals surface area contributed by atoms with Gasteiger partial charge in [0, 0.05) is 18.2 Å². The average molecular weight is 254 g/mol. The lowest BCUT2D eigenvalue weighted by Crippen LogP contribution is -2.00. The van der Waals surface area contributed by atoms with Crippen LogP contribution in [0.25, 0.3) is 0 Å². The van der Waals surface area contributed by atoms with Crippen LogP contribution in [0.15, 0.2) is 35.1 Å². The van der Waals surface area contributed by atoms with E-state index in [4.69, 9.17) is 11.6 Å². The molecule has 1 aromatic heterocycles. The zero-order chi connectivity index (χ0) is 12.3. The van der Waals surface area contributed by atoms with Crippen LogP contribution in [0, 0.1) is 10.1 Å². The van der Waals surface area contributed by atoms with Crippen LogP contribution >= 0.6 is 11.6 Å². The van der Waals surface area contributed by atoms with Gasteiger partial charge in [0.15, 0.2) is 0 Å². The molecule has 0 aliphatic heterocycles. The molecule has 1 heterocycles. The van der Waals surface area contributed by atoms with Gasteiger partial charge in [0.25, 0.3) is 5.69 Å². The highest BCUT2D eigenvalue weighted by molar-refractivity contribution is 6.33. The number of anilines is 1. The molecule has 0 aliphatic rings. The van der Waals surface area contributed by atoms with Crippen LogP contribution in [-0.4, -0.2) is 10.1 Å². The molecule has 0 aliphatic carbocycles. The zero-order valence-electron chi connectivity index (χ0n) is 8.59. The van der Waals surface area contributed by atoms with Gasteiger partial charge in [0.05, 0.1) is 22.2 Å². The summed E-state index contributed by atoms with van der Waals surface area (Å²) in [5.74, 6) is 0. The topological polar surface area (TPSA) is 81.2 Å². The van der Waals surface area contributed by atoms with Crippen molar-refractivity contribution in [3.05, 3.63) is 51.4 Å². The SMILES string of the molecule is O=[N+]([O-])c1ccc(NCc2ccon2)c(Cl)c1. The van der Waals surface area contributed by atoms with Crippen molar-refractivity contribution < 1.29 is 9.45 Å². The van der Waals surface area contributed by atoms with Crippen molar-refractivity contribution >= 4 is 23.0 Å². The minimum Gasteiger partial charge on any atom is -0.378 e. The maximum Gasteiger partial charge on any atom is 0.271 e. The fourth-order valence-corrected chi connectivity index (χ4v) is 1.52. The fourth-order valence-electron chi connectivity index (χ4n) is 1.28. The lowest BCUT2D eigenvalue weighted by Gasteiger charge is -2.05. The number of halogens is 1. The number of aromatic nitrogens is 1. The highest BCUT2D eigenvalue weighted by atomic mass is 35.5. The van der Waals surface area contributed by atoms with Crippen LogP contribution in [0.2, 0.25) is 5.02 Å². The second-order valence-corrected chi connectivity index (χ2v) is 3.67. The maximum absolute atomic E-state index is 10.5. The summed E-state index contributed by atoms with van der Waals surface area (Å²) in [5, 5.41) is 17.5. The van der Waals surface area contributed by atoms with Crippen LogP contribution in [0.3, 0.4) is 0 Å². The number of nitrogens with zero attached hydrogens (tertiary/aromatic N) is 2. The largest absolute Gasteiger partial charge is 0.378 e. The molecule has 0 bridgehead atoms. The summed E-state index contributed by atoms with van der Waals surface area (Å²) in [6.07, 6.45) is 1.47. The van der Waals surface area contributed by atoms with Gasteiger partial charge in [0.2, 0.25) is 0 Å². The molecule has 0 saturated carbocycles. The van der Waals surface area contributed by atoms with Gasteiger partial charge in [-0.05, 0) is 6.07 Å². The molecule has 0 radical (unpaired) electrons. The Balaban J connectivity index is 2.09. The van der Waals surface area contributed by atoms with Crippen LogP contribution in [-0.2, 0) is 6.54 Å². The van der Waals surface area contributed by atoms with Gasteiger partial charge in [0.1, 0.15) is 12.0 Å². The molecular weight excluding hydrogens is 246 g/mol. The standard InChI is InChI=1S/C10H8ClN3O3/c11-9-5-8(14(15)16)1-2-10(9)12-6-7-3-4-17-13-7/h1-5,12H,6H2. The first-order valence-corrected chi connectivity index (χ1v) is 5.11. The van der Waals surface area contributed by atoms with Gasteiger partial charge in [-0.25, -0.2) is 0 Å². The summed E-state index contributed by atoms with van der Waals surface area (Å²) in [5.41, 5.74) is 1.29. The lowest BCUT2D eigenvalue weighted by molar-refractivity contribution is -0.384. The van der Waals surface area contributed by atoms with Gasteiger partial charge in [-0.3, -0.25) is 10.1 Å².